The van der Waals surface area contributed by atoms with Crippen LogP contribution in [0.25, 0.3) is 0 Å². The molecule has 1 aliphatic carbocycles. The first-order chi connectivity index (χ1) is 6.24. The highest BCUT2D eigenvalue weighted by atomic mass is 79.9. The lowest BCUT2D eigenvalue weighted by molar-refractivity contribution is 0.475. The van der Waals surface area contributed by atoms with E-state index < -0.39 is 0 Å². The number of rotatable bonds is 3. The lowest BCUT2D eigenvalue weighted by Gasteiger charge is -2.14. The molecule has 1 fully saturated rings. The van der Waals surface area contributed by atoms with E-state index in [0.717, 1.165) is 11.8 Å². The van der Waals surface area contributed by atoms with Crippen LogP contribution in [0, 0.1) is 11.8 Å². The average Bonchev–Trinajstić information content (AvgIpc) is 2.65. The number of nitrogens with two attached hydrogens (primary N) is 1. The maximum absolute atomic E-state index is 5.57. The summed E-state index contributed by atoms with van der Waals surface area (Å²) in [5.74, 6) is 7.10. The number of halogens is 1. The Morgan fingerprint density at radius 1 is 1.69 bits per heavy atom. The fourth-order valence-electron chi connectivity index (χ4n) is 1.77. The van der Waals surface area contributed by atoms with E-state index in [9.17, 15) is 0 Å². The van der Waals surface area contributed by atoms with Gasteiger partial charge in [-0.15, -0.1) is 0 Å². The Balaban J connectivity index is 2.17. The number of hydrogen-bond acceptors (Lipinski definition) is 3. The number of thiophene rings is 1. The molecule has 3 N–H and O–H groups in total. The molecule has 0 bridgehead atoms. The Labute approximate surface area is 90.6 Å². The van der Waals surface area contributed by atoms with Gasteiger partial charge in [-0.05, 0) is 45.1 Å². The lowest BCUT2D eigenvalue weighted by Crippen LogP contribution is -2.29. The minimum absolute atomic E-state index is 0.329. The van der Waals surface area contributed by atoms with Gasteiger partial charge in [0.2, 0.25) is 0 Å². The second kappa shape index (κ2) is 3.69. The Hall–Kier alpha value is 0.100. The molecule has 0 amide bonds. The highest BCUT2D eigenvalue weighted by Crippen LogP contribution is 2.48. The third-order valence-electron chi connectivity index (χ3n) is 2.76. The summed E-state index contributed by atoms with van der Waals surface area (Å²) in [5.41, 5.74) is 4.22. The summed E-state index contributed by atoms with van der Waals surface area (Å²) in [6, 6.07) is 0.329. The summed E-state index contributed by atoms with van der Waals surface area (Å²) >= 11 is 5.25. The van der Waals surface area contributed by atoms with Crippen molar-refractivity contribution in [1.29, 1.82) is 0 Å². The van der Waals surface area contributed by atoms with Gasteiger partial charge < -0.3 is 0 Å². The Kier molecular flexibility index (Phi) is 2.74. The molecule has 1 aromatic heterocycles. The number of hydrogen-bond donors (Lipinski definition) is 2. The number of hydrazine groups is 1. The van der Waals surface area contributed by atoms with Crippen molar-refractivity contribution in [2.45, 2.75) is 19.4 Å². The minimum Gasteiger partial charge on any atom is -0.271 e. The second-order valence-corrected chi connectivity index (χ2v) is 5.29. The predicted octanol–water partition coefficient (Wildman–Crippen LogP) is 2.67. The van der Waals surface area contributed by atoms with E-state index in [1.807, 2.05) is 0 Å². The first-order valence-corrected chi connectivity index (χ1v) is 6.15. The van der Waals surface area contributed by atoms with Crippen molar-refractivity contribution in [3.8, 4) is 0 Å². The van der Waals surface area contributed by atoms with Crippen LogP contribution in [0.1, 0.15) is 24.9 Å². The predicted molar refractivity (Wildman–Crippen MR) is 59.4 cm³/mol. The van der Waals surface area contributed by atoms with Crippen molar-refractivity contribution >= 4 is 27.3 Å². The van der Waals surface area contributed by atoms with Gasteiger partial charge in [-0.2, -0.15) is 11.3 Å². The summed E-state index contributed by atoms with van der Waals surface area (Å²) in [7, 11) is 0. The molecule has 3 unspecified atom stereocenters. The van der Waals surface area contributed by atoms with Crippen molar-refractivity contribution < 1.29 is 0 Å². The first-order valence-electron chi connectivity index (χ1n) is 4.41. The Bertz CT molecular complexity index is 300. The van der Waals surface area contributed by atoms with Crippen molar-refractivity contribution in [2.75, 3.05) is 0 Å². The second-order valence-electron chi connectivity index (χ2n) is 3.70. The lowest BCUT2D eigenvalue weighted by atomic mass is 10.1. The average molecular weight is 261 g/mol. The van der Waals surface area contributed by atoms with Gasteiger partial charge in [0.15, 0.2) is 0 Å². The standard InChI is InChI=1S/C9H13BrN2S/c1-5-2-6(5)9(12-11)7-3-13-4-8(7)10/h3-6,9,12H,2,11H2,1H3. The molecule has 0 spiro atoms. The highest BCUT2D eigenvalue weighted by Gasteiger charge is 2.40. The maximum Gasteiger partial charge on any atom is 0.0510 e. The van der Waals surface area contributed by atoms with E-state index in [1.165, 1.54) is 16.5 Å². The van der Waals surface area contributed by atoms with Crippen molar-refractivity contribution in [3.63, 3.8) is 0 Å². The molecular formula is C9H13BrN2S. The third kappa shape index (κ3) is 1.81. The third-order valence-corrected chi connectivity index (χ3v) is 4.51. The highest BCUT2D eigenvalue weighted by molar-refractivity contribution is 9.10. The van der Waals surface area contributed by atoms with Gasteiger partial charge in [-0.1, -0.05) is 6.92 Å². The topological polar surface area (TPSA) is 38.0 Å². The van der Waals surface area contributed by atoms with Crippen LogP contribution in [0.5, 0.6) is 0 Å². The first kappa shape index (κ1) is 9.65. The Morgan fingerprint density at radius 2 is 2.38 bits per heavy atom. The molecule has 2 rings (SSSR count). The van der Waals surface area contributed by atoms with Gasteiger partial charge in [0, 0.05) is 9.85 Å². The maximum atomic E-state index is 5.57. The van der Waals surface area contributed by atoms with Gasteiger partial charge in [-0.25, -0.2) is 0 Å². The molecule has 72 valence electrons. The summed E-state index contributed by atoms with van der Waals surface area (Å²) in [4.78, 5) is 0. The molecule has 4 heteroatoms. The van der Waals surface area contributed by atoms with E-state index in [0.29, 0.717) is 6.04 Å². The molecule has 0 radical (unpaired) electrons. The molecule has 1 heterocycles. The molecule has 0 aliphatic heterocycles. The fraction of sp³-hybridized carbons (Fsp3) is 0.556. The zero-order valence-corrected chi connectivity index (χ0v) is 9.86. The van der Waals surface area contributed by atoms with E-state index in [-0.39, 0.29) is 0 Å². The molecule has 3 atom stereocenters. The molecule has 0 saturated heterocycles. The summed E-state index contributed by atoms with van der Waals surface area (Å²) in [6.07, 6.45) is 1.29. The van der Waals surface area contributed by atoms with Crippen LogP contribution < -0.4 is 11.3 Å². The van der Waals surface area contributed by atoms with Crippen LogP contribution in [-0.2, 0) is 0 Å². The van der Waals surface area contributed by atoms with E-state index in [1.54, 1.807) is 11.3 Å². The van der Waals surface area contributed by atoms with Crippen LogP contribution >= 0.6 is 27.3 Å². The molecule has 13 heavy (non-hydrogen) atoms. The number of nitrogens with one attached hydrogen (secondary N) is 1. The minimum atomic E-state index is 0.329. The van der Waals surface area contributed by atoms with Gasteiger partial charge in [0.05, 0.1) is 6.04 Å². The Morgan fingerprint density at radius 3 is 2.77 bits per heavy atom. The van der Waals surface area contributed by atoms with Gasteiger partial charge >= 0.3 is 0 Å². The summed E-state index contributed by atoms with van der Waals surface area (Å²) in [6.45, 7) is 2.27. The SMILES string of the molecule is CC1CC1C(NN)c1cscc1Br. The van der Waals surface area contributed by atoms with Crippen LogP contribution in [-0.4, -0.2) is 0 Å². The monoisotopic (exact) mass is 260 g/mol. The van der Waals surface area contributed by atoms with Crippen LogP contribution in [0.4, 0.5) is 0 Å². The molecule has 1 saturated carbocycles. The van der Waals surface area contributed by atoms with Gasteiger partial charge in [0.25, 0.3) is 0 Å². The molecular weight excluding hydrogens is 248 g/mol. The molecule has 2 nitrogen and oxygen atoms in total. The van der Waals surface area contributed by atoms with Gasteiger partial charge in [0.1, 0.15) is 0 Å². The van der Waals surface area contributed by atoms with E-state index in [2.05, 4.69) is 39.0 Å². The van der Waals surface area contributed by atoms with Crippen LogP contribution in [0.2, 0.25) is 0 Å². The summed E-state index contributed by atoms with van der Waals surface area (Å²) < 4.78 is 1.18. The van der Waals surface area contributed by atoms with Crippen molar-refractivity contribution in [2.24, 2.45) is 17.7 Å². The fourth-order valence-corrected chi connectivity index (χ4v) is 3.35. The van der Waals surface area contributed by atoms with Crippen LogP contribution in [0.15, 0.2) is 15.2 Å². The smallest absolute Gasteiger partial charge is 0.0510 e. The van der Waals surface area contributed by atoms with Crippen LogP contribution in [0.3, 0.4) is 0 Å². The largest absolute Gasteiger partial charge is 0.271 e. The summed E-state index contributed by atoms with van der Waals surface area (Å²) in [5, 5.41) is 4.27. The zero-order chi connectivity index (χ0) is 9.42. The van der Waals surface area contributed by atoms with Crippen molar-refractivity contribution in [3.05, 3.63) is 20.8 Å². The van der Waals surface area contributed by atoms with E-state index in [4.69, 9.17) is 5.84 Å². The van der Waals surface area contributed by atoms with Crippen molar-refractivity contribution in [1.82, 2.24) is 5.43 Å². The molecule has 0 aromatic carbocycles. The molecule has 1 aromatic rings. The quantitative estimate of drug-likeness (QED) is 0.648. The van der Waals surface area contributed by atoms with E-state index >= 15 is 0 Å². The zero-order valence-electron chi connectivity index (χ0n) is 7.46. The normalized spacial score (nSPS) is 28.8. The molecule has 1 aliphatic rings. The van der Waals surface area contributed by atoms with Gasteiger partial charge in [-0.3, -0.25) is 11.3 Å².